The van der Waals surface area contributed by atoms with Gasteiger partial charge < -0.3 is 15.4 Å². The zero-order valence-corrected chi connectivity index (χ0v) is 12.8. The quantitative estimate of drug-likeness (QED) is 0.944. The number of carbonyl (C=O) groups excluding carboxylic acids is 1. The maximum atomic E-state index is 14.3. The summed E-state index contributed by atoms with van der Waals surface area (Å²) in [5.41, 5.74) is 7.80. The molecule has 1 aliphatic rings. The van der Waals surface area contributed by atoms with Crippen LogP contribution in [0.15, 0.2) is 48.5 Å². The van der Waals surface area contributed by atoms with E-state index in [-0.39, 0.29) is 25.0 Å². The van der Waals surface area contributed by atoms with E-state index < -0.39 is 6.04 Å². The number of ether oxygens (including phenoxy) is 1. The number of carbonyl (C=O) groups is 1. The van der Waals surface area contributed by atoms with Crippen LogP contribution in [0.3, 0.4) is 0 Å². The van der Waals surface area contributed by atoms with E-state index in [0.29, 0.717) is 11.4 Å². The monoisotopic (exact) mass is 315 g/mol. The number of nitrogens with zero attached hydrogens (tertiary/aromatic N) is 2. The van der Waals surface area contributed by atoms with Gasteiger partial charge in [-0.05, 0) is 24.3 Å². The van der Waals surface area contributed by atoms with Crippen molar-refractivity contribution in [1.29, 1.82) is 0 Å². The van der Waals surface area contributed by atoms with Crippen molar-refractivity contribution >= 4 is 23.0 Å². The Morgan fingerprint density at radius 3 is 2.39 bits per heavy atom. The van der Waals surface area contributed by atoms with Crippen LogP contribution < -0.4 is 15.5 Å². The number of methoxy groups -OCH3 is 1. The van der Waals surface area contributed by atoms with Crippen molar-refractivity contribution in [3.8, 4) is 0 Å². The van der Waals surface area contributed by atoms with Crippen LogP contribution >= 0.6 is 0 Å². The zero-order chi connectivity index (χ0) is 16.4. The molecule has 1 aliphatic heterocycles. The molecule has 120 valence electrons. The molecule has 6 heteroatoms. The topological polar surface area (TPSA) is 58.8 Å². The normalized spacial score (nSPS) is 17.9. The highest BCUT2D eigenvalue weighted by atomic mass is 19.1. The summed E-state index contributed by atoms with van der Waals surface area (Å²) in [6.45, 7) is 0.283. The number of halogens is 1. The molecule has 3 rings (SSSR count). The molecule has 0 bridgehead atoms. The molecule has 0 aromatic heterocycles. The summed E-state index contributed by atoms with van der Waals surface area (Å²) in [5, 5.41) is 0. The number of rotatable bonds is 3. The van der Waals surface area contributed by atoms with E-state index in [2.05, 4.69) is 0 Å². The second-order valence-corrected chi connectivity index (χ2v) is 5.34. The number of para-hydroxylation sites is 3. The number of anilines is 3. The van der Waals surface area contributed by atoms with Crippen LogP contribution in [0.4, 0.5) is 21.5 Å². The number of hydrogen-bond acceptors (Lipinski definition) is 4. The Hall–Kier alpha value is -2.44. The molecule has 0 saturated heterocycles. The molecule has 2 aromatic carbocycles. The number of amides is 1. The number of hydrogen-bond donors (Lipinski definition) is 1. The first-order chi connectivity index (χ1) is 11.1. The number of benzene rings is 2. The summed E-state index contributed by atoms with van der Waals surface area (Å²) in [5.74, 6) is -0.611. The van der Waals surface area contributed by atoms with Crippen LogP contribution in [0, 0.1) is 5.82 Å². The molecule has 23 heavy (non-hydrogen) atoms. The second-order valence-electron chi connectivity index (χ2n) is 5.34. The molecule has 2 N–H and O–H groups in total. The predicted octanol–water partition coefficient (Wildman–Crippen LogP) is 2.24. The zero-order valence-electron chi connectivity index (χ0n) is 12.8. The van der Waals surface area contributed by atoms with Crippen molar-refractivity contribution < 1.29 is 13.9 Å². The largest absolute Gasteiger partial charge is 0.364 e. The van der Waals surface area contributed by atoms with Crippen molar-refractivity contribution in [3.05, 3.63) is 54.3 Å². The Labute approximate surface area is 134 Å². The van der Waals surface area contributed by atoms with Gasteiger partial charge in [0.2, 0.25) is 5.91 Å². The molecule has 0 saturated carbocycles. The van der Waals surface area contributed by atoms with Gasteiger partial charge in [-0.25, -0.2) is 4.39 Å². The maximum Gasteiger partial charge on any atom is 0.247 e. The minimum atomic E-state index is -0.780. The Kier molecular flexibility index (Phi) is 4.27. The molecule has 0 fully saturated rings. The fourth-order valence-electron chi connectivity index (χ4n) is 2.77. The van der Waals surface area contributed by atoms with E-state index in [1.165, 1.54) is 18.1 Å². The lowest BCUT2D eigenvalue weighted by atomic mass is 10.2. The van der Waals surface area contributed by atoms with Gasteiger partial charge in [-0.1, -0.05) is 24.3 Å². The van der Waals surface area contributed by atoms with Crippen LogP contribution in [0.25, 0.3) is 0 Å². The van der Waals surface area contributed by atoms with Crippen LogP contribution in [0.2, 0.25) is 0 Å². The summed E-state index contributed by atoms with van der Waals surface area (Å²) in [6, 6.07) is 13.0. The molecule has 0 radical (unpaired) electrons. The van der Waals surface area contributed by atoms with Gasteiger partial charge in [-0.2, -0.15) is 0 Å². The van der Waals surface area contributed by atoms with Crippen molar-refractivity contribution in [3.63, 3.8) is 0 Å². The van der Waals surface area contributed by atoms with Gasteiger partial charge in [-0.3, -0.25) is 9.69 Å². The van der Waals surface area contributed by atoms with E-state index in [1.54, 1.807) is 29.2 Å². The molecular weight excluding hydrogens is 297 g/mol. The first-order valence-electron chi connectivity index (χ1n) is 7.30. The molecule has 5 nitrogen and oxygen atoms in total. The standard InChI is InChI=1S/C17H18FN3O2/c1-23-11-21-16-9-5-4-8-15(16)20(10-13(19)17(21)22)14-7-3-2-6-12(14)18/h2-9,13H,10-11,19H2,1H3. The Morgan fingerprint density at radius 2 is 1.74 bits per heavy atom. The molecule has 1 heterocycles. The van der Waals surface area contributed by atoms with Crippen LogP contribution in [0.1, 0.15) is 0 Å². The van der Waals surface area contributed by atoms with Gasteiger partial charge in [0.15, 0.2) is 0 Å². The van der Waals surface area contributed by atoms with Crippen LogP contribution in [0.5, 0.6) is 0 Å². The van der Waals surface area contributed by atoms with E-state index in [0.717, 1.165) is 5.69 Å². The van der Waals surface area contributed by atoms with Gasteiger partial charge in [0.05, 0.1) is 17.1 Å². The maximum absolute atomic E-state index is 14.3. The highest BCUT2D eigenvalue weighted by Gasteiger charge is 2.32. The molecule has 2 aromatic rings. The van der Waals surface area contributed by atoms with E-state index >= 15 is 0 Å². The summed E-state index contributed by atoms with van der Waals surface area (Å²) in [6.07, 6.45) is 0. The lowest BCUT2D eigenvalue weighted by molar-refractivity contribution is -0.120. The predicted molar refractivity (Wildman–Crippen MR) is 87.2 cm³/mol. The third-order valence-corrected chi connectivity index (χ3v) is 3.83. The van der Waals surface area contributed by atoms with Crippen molar-refractivity contribution in [2.75, 3.05) is 30.2 Å². The van der Waals surface area contributed by atoms with Crippen molar-refractivity contribution in [1.82, 2.24) is 0 Å². The summed E-state index contributed by atoms with van der Waals surface area (Å²) < 4.78 is 19.4. The van der Waals surface area contributed by atoms with Crippen molar-refractivity contribution in [2.24, 2.45) is 5.73 Å². The fraction of sp³-hybridized carbons (Fsp3) is 0.235. The fourth-order valence-corrected chi connectivity index (χ4v) is 2.77. The average Bonchev–Trinajstić information content (AvgIpc) is 2.66. The highest BCUT2D eigenvalue weighted by molar-refractivity contribution is 6.02. The van der Waals surface area contributed by atoms with E-state index in [4.69, 9.17) is 10.5 Å². The van der Waals surface area contributed by atoms with Gasteiger partial charge in [0, 0.05) is 13.7 Å². The third-order valence-electron chi connectivity index (χ3n) is 3.83. The first-order valence-corrected chi connectivity index (χ1v) is 7.30. The second kappa shape index (κ2) is 6.36. The molecule has 1 amide bonds. The Balaban J connectivity index is 2.16. The molecule has 1 atom stereocenters. The van der Waals surface area contributed by atoms with Gasteiger partial charge >= 0.3 is 0 Å². The van der Waals surface area contributed by atoms with E-state index in [9.17, 15) is 9.18 Å². The molecule has 1 unspecified atom stereocenters. The molecule has 0 aliphatic carbocycles. The number of fused-ring (bicyclic) bond motifs is 1. The molecule has 0 spiro atoms. The van der Waals surface area contributed by atoms with Crippen LogP contribution in [-0.4, -0.2) is 32.3 Å². The third kappa shape index (κ3) is 2.78. The smallest absolute Gasteiger partial charge is 0.247 e. The first kappa shape index (κ1) is 15.5. The Morgan fingerprint density at radius 1 is 1.13 bits per heavy atom. The Bertz CT molecular complexity index is 722. The van der Waals surface area contributed by atoms with Crippen molar-refractivity contribution in [2.45, 2.75) is 6.04 Å². The van der Waals surface area contributed by atoms with E-state index in [1.807, 2.05) is 18.2 Å². The lowest BCUT2D eigenvalue weighted by Crippen LogP contribution is -2.47. The SMILES string of the molecule is COCN1C(=O)C(N)CN(c2ccccc2F)c2ccccc21. The van der Waals surface area contributed by atoms with Gasteiger partial charge in [-0.15, -0.1) is 0 Å². The average molecular weight is 315 g/mol. The summed E-state index contributed by atoms with van der Waals surface area (Å²) in [4.78, 5) is 15.8. The van der Waals surface area contributed by atoms with Gasteiger partial charge in [0.1, 0.15) is 18.6 Å². The highest BCUT2D eigenvalue weighted by Crippen LogP contribution is 2.37. The lowest BCUT2D eigenvalue weighted by Gasteiger charge is -2.26. The summed E-state index contributed by atoms with van der Waals surface area (Å²) >= 11 is 0. The minimum absolute atomic E-state index is 0.0919. The minimum Gasteiger partial charge on any atom is -0.364 e. The number of nitrogens with two attached hydrogens (primary N) is 1. The molecular formula is C17H18FN3O2. The van der Waals surface area contributed by atoms with Crippen LogP contribution in [-0.2, 0) is 9.53 Å². The summed E-state index contributed by atoms with van der Waals surface area (Å²) in [7, 11) is 1.51. The van der Waals surface area contributed by atoms with Gasteiger partial charge in [0.25, 0.3) is 0 Å².